The number of quaternary nitrogens is 1. The lowest BCUT2D eigenvalue weighted by Gasteiger charge is -2.43. The first-order valence-electron chi connectivity index (χ1n) is 9.17. The zero-order valence-electron chi connectivity index (χ0n) is 14.9. The van der Waals surface area contributed by atoms with E-state index in [9.17, 15) is 14.8 Å². The summed E-state index contributed by atoms with van der Waals surface area (Å²) in [5.74, 6) is 0. The van der Waals surface area contributed by atoms with Crippen molar-refractivity contribution in [3.63, 3.8) is 0 Å². The second-order valence-electron chi connectivity index (χ2n) is 6.18. The summed E-state index contributed by atoms with van der Waals surface area (Å²) in [6.07, 6.45) is 14.4. The largest absolute Gasteiger partial charge is 0.580 e. The van der Waals surface area contributed by atoms with Crippen molar-refractivity contribution in [1.82, 2.24) is 10.9 Å². The molecule has 0 aromatic rings. The van der Waals surface area contributed by atoms with E-state index in [1.165, 1.54) is 51.4 Å². The highest BCUT2D eigenvalue weighted by Crippen LogP contribution is 2.17. The van der Waals surface area contributed by atoms with E-state index in [0.717, 1.165) is 12.8 Å². The highest BCUT2D eigenvalue weighted by molar-refractivity contribution is 5.46. The topological polar surface area (TPSA) is 81.3 Å². The Bertz CT molecular complexity index is 291. The number of hydrogen-bond donors (Lipinski definition) is 2. The van der Waals surface area contributed by atoms with Gasteiger partial charge in [0, 0.05) is 12.8 Å². The maximum Gasteiger partial charge on any atom is 0.255 e. The molecule has 6 nitrogen and oxygen atoms in total. The Morgan fingerprint density at radius 2 is 1.26 bits per heavy atom. The number of amides is 2. The fourth-order valence-electron chi connectivity index (χ4n) is 2.92. The highest BCUT2D eigenvalue weighted by Gasteiger charge is 2.27. The van der Waals surface area contributed by atoms with Crippen LogP contribution in [0.25, 0.3) is 0 Å². The SMILES string of the molecule is CCCCCCCCCCCCC(CC)[N+]([O-])(NC=O)NC=O. The van der Waals surface area contributed by atoms with Gasteiger partial charge in [0.1, 0.15) is 6.04 Å². The average molecular weight is 329 g/mol. The Hall–Kier alpha value is -1.14. The third kappa shape index (κ3) is 10.3. The summed E-state index contributed by atoms with van der Waals surface area (Å²) in [6, 6.07) is -0.348. The van der Waals surface area contributed by atoms with Gasteiger partial charge in [-0.3, -0.25) is 9.59 Å². The summed E-state index contributed by atoms with van der Waals surface area (Å²) in [6.45, 7) is 4.12. The Morgan fingerprint density at radius 3 is 1.65 bits per heavy atom. The van der Waals surface area contributed by atoms with Crippen molar-refractivity contribution in [2.45, 2.75) is 96.9 Å². The van der Waals surface area contributed by atoms with Gasteiger partial charge in [0.15, 0.2) is 0 Å². The molecule has 1 atom stereocenters. The lowest BCUT2D eigenvalue weighted by molar-refractivity contribution is -0.970. The second kappa shape index (κ2) is 14.5. The maximum atomic E-state index is 12.4. The second-order valence-corrected chi connectivity index (χ2v) is 6.18. The van der Waals surface area contributed by atoms with Crippen LogP contribution in [-0.2, 0) is 9.59 Å². The molecular formula is C17H35N3O3. The van der Waals surface area contributed by atoms with E-state index >= 15 is 0 Å². The number of rotatable bonds is 17. The summed E-state index contributed by atoms with van der Waals surface area (Å²) >= 11 is 0. The fraction of sp³-hybridized carbons (Fsp3) is 0.882. The minimum atomic E-state index is -1.17. The van der Waals surface area contributed by atoms with E-state index in [2.05, 4.69) is 17.8 Å². The van der Waals surface area contributed by atoms with Crippen LogP contribution in [-0.4, -0.2) is 23.7 Å². The highest BCUT2D eigenvalue weighted by atomic mass is 16.6. The number of nitrogens with one attached hydrogen (secondary N) is 2. The predicted molar refractivity (Wildman–Crippen MR) is 92.6 cm³/mol. The molecule has 0 bridgehead atoms. The molecular weight excluding hydrogens is 294 g/mol. The molecule has 23 heavy (non-hydrogen) atoms. The third-order valence-corrected chi connectivity index (χ3v) is 4.37. The van der Waals surface area contributed by atoms with Gasteiger partial charge in [0.25, 0.3) is 12.8 Å². The van der Waals surface area contributed by atoms with Crippen molar-refractivity contribution in [1.29, 1.82) is 0 Å². The van der Waals surface area contributed by atoms with Gasteiger partial charge < -0.3 is 5.21 Å². The molecule has 0 aromatic carbocycles. The first-order valence-corrected chi connectivity index (χ1v) is 9.17. The minimum Gasteiger partial charge on any atom is -0.580 e. The Kier molecular flexibility index (Phi) is 13.7. The molecule has 0 aliphatic rings. The van der Waals surface area contributed by atoms with E-state index in [4.69, 9.17) is 0 Å². The Balaban J connectivity index is 3.82. The van der Waals surface area contributed by atoms with Gasteiger partial charge in [-0.1, -0.05) is 71.6 Å². The molecule has 0 heterocycles. The van der Waals surface area contributed by atoms with Crippen molar-refractivity contribution in [3.8, 4) is 0 Å². The fourth-order valence-corrected chi connectivity index (χ4v) is 2.92. The van der Waals surface area contributed by atoms with Gasteiger partial charge in [-0.25, -0.2) is 0 Å². The minimum absolute atomic E-state index is 0.338. The molecule has 0 aliphatic carbocycles. The van der Waals surface area contributed by atoms with Gasteiger partial charge in [0.05, 0.1) is 0 Å². The number of nitrogens with zero attached hydrogens (tertiary/aromatic N) is 1. The molecule has 0 aliphatic heterocycles. The summed E-state index contributed by atoms with van der Waals surface area (Å²) in [7, 11) is 0. The zero-order chi connectivity index (χ0) is 17.4. The van der Waals surface area contributed by atoms with Crippen LogP contribution in [0.1, 0.15) is 90.9 Å². The van der Waals surface area contributed by atoms with Crippen LogP contribution in [0.15, 0.2) is 0 Å². The van der Waals surface area contributed by atoms with Crippen LogP contribution in [0.4, 0.5) is 0 Å². The van der Waals surface area contributed by atoms with Gasteiger partial charge in [-0.2, -0.15) is 15.7 Å². The molecule has 0 fully saturated rings. The number of hydroxylamine groups is 1. The van der Waals surface area contributed by atoms with E-state index in [1.807, 2.05) is 6.92 Å². The van der Waals surface area contributed by atoms with Crippen molar-refractivity contribution in [3.05, 3.63) is 5.21 Å². The molecule has 2 N–H and O–H groups in total. The molecule has 0 saturated heterocycles. The summed E-state index contributed by atoms with van der Waals surface area (Å²) in [4.78, 5) is 20.0. The number of unbranched alkanes of at least 4 members (excludes halogenated alkanes) is 9. The monoisotopic (exact) mass is 329 g/mol. The summed E-state index contributed by atoms with van der Waals surface area (Å²) in [5.41, 5.74) is 4.31. The molecule has 136 valence electrons. The van der Waals surface area contributed by atoms with Crippen molar-refractivity contribution in [2.75, 3.05) is 0 Å². The van der Waals surface area contributed by atoms with Crippen LogP contribution in [0, 0.1) is 5.21 Å². The standard InChI is InChI=1S/C17H35N3O3/c1-3-5-6-7-8-9-10-11-12-13-14-17(4-2)20(23,18-15-21)19-16-22/h15-17H,3-14H2,1-2H3,(H,18,21)(H,19,22). The normalized spacial score (nSPS) is 12.7. The molecule has 2 amide bonds. The Morgan fingerprint density at radius 1 is 0.826 bits per heavy atom. The van der Waals surface area contributed by atoms with E-state index in [0.29, 0.717) is 25.7 Å². The zero-order valence-corrected chi connectivity index (χ0v) is 14.9. The predicted octanol–water partition coefficient (Wildman–Crippen LogP) is 3.71. The lowest BCUT2D eigenvalue weighted by atomic mass is 10.0. The average Bonchev–Trinajstić information content (AvgIpc) is 2.53. The lowest BCUT2D eigenvalue weighted by Crippen LogP contribution is -2.66. The number of carbonyl (C=O) groups excluding carboxylic acids is 2. The Labute approximate surface area is 141 Å². The van der Waals surface area contributed by atoms with Crippen LogP contribution in [0.5, 0.6) is 0 Å². The number of carbonyl (C=O) groups is 2. The first kappa shape index (κ1) is 21.9. The summed E-state index contributed by atoms with van der Waals surface area (Å²) in [5, 5.41) is 12.4. The molecule has 6 heteroatoms. The van der Waals surface area contributed by atoms with Crippen molar-refractivity contribution >= 4 is 12.8 Å². The number of hydrogen-bond acceptors (Lipinski definition) is 3. The smallest absolute Gasteiger partial charge is 0.255 e. The molecule has 0 spiro atoms. The van der Waals surface area contributed by atoms with Crippen molar-refractivity contribution in [2.24, 2.45) is 0 Å². The van der Waals surface area contributed by atoms with E-state index in [1.54, 1.807) is 0 Å². The van der Waals surface area contributed by atoms with Crippen LogP contribution in [0.3, 0.4) is 0 Å². The third-order valence-electron chi connectivity index (χ3n) is 4.37. The van der Waals surface area contributed by atoms with Crippen LogP contribution >= 0.6 is 0 Å². The van der Waals surface area contributed by atoms with Crippen LogP contribution < -0.4 is 10.9 Å². The maximum absolute atomic E-state index is 12.4. The molecule has 0 rings (SSSR count). The summed E-state index contributed by atoms with van der Waals surface area (Å²) < 4.78 is 0. The van der Waals surface area contributed by atoms with Gasteiger partial charge in [0.2, 0.25) is 0 Å². The first-order chi connectivity index (χ1) is 11.1. The van der Waals surface area contributed by atoms with Gasteiger partial charge in [-0.05, 0) is 6.42 Å². The molecule has 0 saturated carbocycles. The molecule has 0 radical (unpaired) electrons. The molecule has 1 unspecified atom stereocenters. The quantitative estimate of drug-likeness (QED) is 0.185. The van der Waals surface area contributed by atoms with E-state index < -0.39 is 4.86 Å². The van der Waals surface area contributed by atoms with Crippen molar-refractivity contribution < 1.29 is 14.5 Å². The van der Waals surface area contributed by atoms with E-state index in [-0.39, 0.29) is 6.04 Å². The van der Waals surface area contributed by atoms with Gasteiger partial charge >= 0.3 is 0 Å². The molecule has 0 aromatic heterocycles. The van der Waals surface area contributed by atoms with Crippen LogP contribution in [0.2, 0.25) is 0 Å². The van der Waals surface area contributed by atoms with Gasteiger partial charge in [-0.15, -0.1) is 0 Å².